The van der Waals surface area contributed by atoms with Crippen molar-refractivity contribution >= 4 is 51.4 Å². The van der Waals surface area contributed by atoms with E-state index in [1.807, 2.05) is 46.9 Å². The maximum atomic E-state index is 13.3. The topological polar surface area (TPSA) is 42.8 Å². The third-order valence-corrected chi connectivity index (χ3v) is 5.32. The van der Waals surface area contributed by atoms with Crippen molar-refractivity contribution in [3.05, 3.63) is 54.7 Å². The van der Waals surface area contributed by atoms with Gasteiger partial charge in [-0.05, 0) is 87.5 Å². The van der Waals surface area contributed by atoms with Crippen LogP contribution >= 0.6 is 45.2 Å². The third kappa shape index (κ3) is 6.51. The molecule has 0 unspecified atom stereocenters. The summed E-state index contributed by atoms with van der Waals surface area (Å²) in [5.74, 6) is -5.74. The van der Waals surface area contributed by atoms with Gasteiger partial charge in [-0.2, -0.15) is 35.8 Å². The van der Waals surface area contributed by atoms with Gasteiger partial charge in [0.15, 0.2) is 11.5 Å². The standard InChI is InChI=1S/C19H15F7I2N2O2/c1-2-31-15-8-12(9-29-30-19(25,26)17(20,21)18(22,23)24)7-14(28)16(15)32-10-11-3-5-13(27)6-4-11/h3-9,30H,2,10H2,1H3/b29-9+. The molecule has 0 aliphatic heterocycles. The molecule has 0 radical (unpaired) electrons. The van der Waals surface area contributed by atoms with Crippen molar-refractivity contribution in [3.8, 4) is 11.5 Å². The first kappa shape index (κ1) is 26.7. The predicted octanol–water partition coefficient (Wildman–Crippen LogP) is 6.59. The number of nitrogens with one attached hydrogen (secondary N) is 1. The van der Waals surface area contributed by atoms with Crippen molar-refractivity contribution in [2.24, 2.45) is 5.10 Å². The molecule has 32 heavy (non-hydrogen) atoms. The summed E-state index contributed by atoms with van der Waals surface area (Å²) in [5.41, 5.74) is 1.57. The second-order valence-electron chi connectivity index (χ2n) is 6.19. The van der Waals surface area contributed by atoms with Crippen LogP contribution in [0.15, 0.2) is 41.5 Å². The second kappa shape index (κ2) is 10.6. The Morgan fingerprint density at radius 2 is 1.59 bits per heavy atom. The molecule has 0 aliphatic rings. The zero-order chi connectivity index (χ0) is 24.2. The van der Waals surface area contributed by atoms with Crippen LogP contribution in [0.3, 0.4) is 0 Å². The molecule has 2 aromatic carbocycles. The molecule has 0 heterocycles. The second-order valence-corrected chi connectivity index (χ2v) is 8.60. The third-order valence-electron chi connectivity index (χ3n) is 3.80. The van der Waals surface area contributed by atoms with Gasteiger partial charge in [0.25, 0.3) is 0 Å². The maximum absolute atomic E-state index is 13.3. The van der Waals surface area contributed by atoms with E-state index in [9.17, 15) is 30.7 Å². The predicted molar refractivity (Wildman–Crippen MR) is 120 cm³/mol. The molecule has 2 aromatic rings. The van der Waals surface area contributed by atoms with E-state index in [1.54, 1.807) is 6.92 Å². The number of rotatable bonds is 9. The van der Waals surface area contributed by atoms with Gasteiger partial charge in [-0.3, -0.25) is 0 Å². The van der Waals surface area contributed by atoms with Gasteiger partial charge in [-0.15, -0.1) is 0 Å². The highest BCUT2D eigenvalue weighted by Crippen LogP contribution is 2.45. The first-order valence-corrected chi connectivity index (χ1v) is 10.9. The van der Waals surface area contributed by atoms with E-state index < -0.39 is 18.1 Å². The van der Waals surface area contributed by atoms with Crippen LogP contribution in [0.2, 0.25) is 0 Å². The molecule has 0 amide bonds. The number of alkyl halides is 7. The number of benzene rings is 2. The van der Waals surface area contributed by atoms with E-state index in [0.29, 0.717) is 21.0 Å². The van der Waals surface area contributed by atoms with Crippen LogP contribution in [-0.4, -0.2) is 31.0 Å². The van der Waals surface area contributed by atoms with Crippen LogP contribution in [0.4, 0.5) is 30.7 Å². The van der Waals surface area contributed by atoms with Crippen molar-refractivity contribution in [2.75, 3.05) is 6.61 Å². The van der Waals surface area contributed by atoms with Crippen molar-refractivity contribution < 1.29 is 40.2 Å². The molecule has 1 N–H and O–H groups in total. The Hall–Kier alpha value is -1.52. The fourth-order valence-corrected chi connectivity index (χ4v) is 3.38. The largest absolute Gasteiger partial charge is 0.490 e. The highest BCUT2D eigenvalue weighted by molar-refractivity contribution is 14.1. The summed E-state index contributed by atoms with van der Waals surface area (Å²) >= 11 is 4.05. The molecule has 0 atom stereocenters. The van der Waals surface area contributed by atoms with Gasteiger partial charge in [0.1, 0.15) is 6.61 Å². The molecule has 0 saturated carbocycles. The fraction of sp³-hybridized carbons (Fsp3) is 0.316. The molecule has 13 heteroatoms. The Morgan fingerprint density at radius 1 is 0.969 bits per heavy atom. The monoisotopic (exact) mass is 690 g/mol. The molecular weight excluding hydrogens is 675 g/mol. The van der Waals surface area contributed by atoms with Gasteiger partial charge in [-0.1, -0.05) is 12.1 Å². The lowest BCUT2D eigenvalue weighted by atomic mass is 10.2. The average molecular weight is 690 g/mol. The Kier molecular flexibility index (Phi) is 8.86. The summed E-state index contributed by atoms with van der Waals surface area (Å²) in [6, 6.07) is 4.65. The zero-order valence-corrected chi connectivity index (χ0v) is 20.4. The minimum absolute atomic E-state index is 0.109. The quantitative estimate of drug-likeness (QED) is 0.106. The molecule has 0 fully saturated rings. The molecule has 176 valence electrons. The van der Waals surface area contributed by atoms with Gasteiger partial charge in [0, 0.05) is 3.57 Å². The summed E-state index contributed by atoms with van der Waals surface area (Å²) in [5, 5.41) is 2.86. The van der Waals surface area contributed by atoms with E-state index in [-0.39, 0.29) is 24.5 Å². The lowest BCUT2D eigenvalue weighted by Crippen LogP contribution is -2.58. The zero-order valence-electron chi connectivity index (χ0n) is 16.1. The minimum Gasteiger partial charge on any atom is -0.490 e. The van der Waals surface area contributed by atoms with E-state index in [0.717, 1.165) is 9.13 Å². The van der Waals surface area contributed by atoms with Crippen LogP contribution < -0.4 is 14.9 Å². The molecule has 0 aliphatic carbocycles. The van der Waals surface area contributed by atoms with Crippen LogP contribution in [0.5, 0.6) is 11.5 Å². The molecule has 2 rings (SSSR count). The van der Waals surface area contributed by atoms with Gasteiger partial charge in [-0.25, -0.2) is 5.43 Å². The van der Waals surface area contributed by atoms with Crippen molar-refractivity contribution in [3.63, 3.8) is 0 Å². The van der Waals surface area contributed by atoms with Gasteiger partial charge >= 0.3 is 18.1 Å². The summed E-state index contributed by atoms with van der Waals surface area (Å²) in [4.78, 5) is 0. The molecule has 0 aromatic heterocycles. The smallest absolute Gasteiger partial charge is 0.462 e. The average Bonchev–Trinajstić information content (AvgIpc) is 2.68. The minimum atomic E-state index is -6.45. The Morgan fingerprint density at radius 3 is 2.16 bits per heavy atom. The number of nitrogens with zero attached hydrogens (tertiary/aromatic N) is 1. The lowest BCUT2D eigenvalue weighted by Gasteiger charge is -2.27. The highest BCUT2D eigenvalue weighted by Gasteiger charge is 2.73. The molecule has 4 nitrogen and oxygen atoms in total. The number of ether oxygens (including phenoxy) is 2. The van der Waals surface area contributed by atoms with Crippen LogP contribution in [-0.2, 0) is 6.61 Å². The Balaban J connectivity index is 2.20. The molecular formula is C19H15F7I2N2O2. The lowest BCUT2D eigenvalue weighted by molar-refractivity contribution is -0.361. The SMILES string of the molecule is CCOc1cc(/C=N/NC(F)(F)C(F)(F)C(F)(F)F)cc(I)c1OCc1ccc(I)cc1. The normalized spacial score (nSPS) is 12.8. The van der Waals surface area contributed by atoms with E-state index >= 15 is 0 Å². The fourth-order valence-electron chi connectivity index (χ4n) is 2.24. The highest BCUT2D eigenvalue weighted by atomic mass is 127. The molecule has 0 spiro atoms. The summed E-state index contributed by atoms with van der Waals surface area (Å²) < 4.78 is 102. The number of hydrazone groups is 1. The van der Waals surface area contributed by atoms with E-state index in [4.69, 9.17) is 9.47 Å². The maximum Gasteiger partial charge on any atom is 0.462 e. The van der Waals surface area contributed by atoms with Crippen molar-refractivity contribution in [1.82, 2.24) is 5.43 Å². The van der Waals surface area contributed by atoms with E-state index in [1.165, 1.54) is 12.1 Å². The summed E-state index contributed by atoms with van der Waals surface area (Å²) in [6.07, 6.45) is -5.78. The van der Waals surface area contributed by atoms with Gasteiger partial charge in [0.2, 0.25) is 0 Å². The summed E-state index contributed by atoms with van der Waals surface area (Å²) in [7, 11) is 0. The summed E-state index contributed by atoms with van der Waals surface area (Å²) in [6.45, 7) is 2.13. The Bertz CT molecular complexity index is 952. The Labute approximate surface area is 205 Å². The van der Waals surface area contributed by atoms with Gasteiger partial charge < -0.3 is 9.47 Å². The van der Waals surface area contributed by atoms with Crippen molar-refractivity contribution in [1.29, 1.82) is 0 Å². The number of halogens is 9. The number of hydrogen-bond donors (Lipinski definition) is 1. The van der Waals surface area contributed by atoms with Crippen LogP contribution in [0, 0.1) is 7.14 Å². The van der Waals surface area contributed by atoms with E-state index in [2.05, 4.69) is 27.7 Å². The van der Waals surface area contributed by atoms with Crippen LogP contribution in [0.1, 0.15) is 18.1 Å². The molecule has 0 bridgehead atoms. The first-order valence-electron chi connectivity index (χ1n) is 8.74. The number of hydrogen-bond acceptors (Lipinski definition) is 4. The van der Waals surface area contributed by atoms with Crippen LogP contribution in [0.25, 0.3) is 0 Å². The van der Waals surface area contributed by atoms with Crippen molar-refractivity contribution in [2.45, 2.75) is 31.7 Å². The first-order chi connectivity index (χ1) is 14.8. The molecule has 0 saturated heterocycles. The van der Waals surface area contributed by atoms with Gasteiger partial charge in [0.05, 0.1) is 16.4 Å².